The van der Waals surface area contributed by atoms with E-state index in [1.165, 1.54) is 0 Å². The number of rotatable bonds is 7. The Bertz CT molecular complexity index is 487. The number of hydrogen-bond acceptors (Lipinski definition) is 4. The third-order valence-corrected chi connectivity index (χ3v) is 2.54. The fraction of sp³-hybridized carbons (Fsp3) is 0.250. The van der Waals surface area contributed by atoms with Gasteiger partial charge in [-0.05, 0) is 38.1 Å². The quantitative estimate of drug-likeness (QED) is 0.795. The molecular formula is C16H20BNO3. The normalized spacial score (nSPS) is 11.0. The third kappa shape index (κ3) is 5.89. The van der Waals surface area contributed by atoms with Crippen LogP contribution in [0.5, 0.6) is 11.5 Å². The smallest absolute Gasteiger partial charge is 0.501 e. The van der Waals surface area contributed by atoms with E-state index < -0.39 is 12.9 Å². The SMILES string of the molecule is CC(C)(N)COB(Oc1ccccc1)Oc1ccccc1. The second kappa shape index (κ2) is 7.15. The highest BCUT2D eigenvalue weighted by molar-refractivity contribution is 6.38. The van der Waals surface area contributed by atoms with Crippen molar-refractivity contribution in [3.63, 3.8) is 0 Å². The molecule has 21 heavy (non-hydrogen) atoms. The Hall–Kier alpha value is -1.98. The van der Waals surface area contributed by atoms with E-state index in [4.69, 9.17) is 19.7 Å². The van der Waals surface area contributed by atoms with Crippen molar-refractivity contribution in [3.8, 4) is 11.5 Å². The lowest BCUT2D eigenvalue weighted by atomic mass is 10.1. The van der Waals surface area contributed by atoms with Crippen LogP contribution in [0.25, 0.3) is 0 Å². The molecule has 0 atom stereocenters. The Balaban J connectivity index is 2.03. The van der Waals surface area contributed by atoms with Gasteiger partial charge in [0.1, 0.15) is 11.5 Å². The van der Waals surface area contributed by atoms with Crippen LogP contribution in [0.2, 0.25) is 0 Å². The Labute approximate surface area is 126 Å². The average molecular weight is 285 g/mol. The second-order valence-electron chi connectivity index (χ2n) is 5.45. The van der Waals surface area contributed by atoms with Crippen LogP contribution in [-0.4, -0.2) is 19.5 Å². The van der Waals surface area contributed by atoms with Crippen LogP contribution in [0.4, 0.5) is 0 Å². The molecule has 0 aromatic heterocycles. The Morgan fingerprint density at radius 3 is 1.67 bits per heavy atom. The summed E-state index contributed by atoms with van der Waals surface area (Å²) in [6.45, 7) is 4.08. The van der Waals surface area contributed by atoms with E-state index in [1.807, 2.05) is 74.5 Å². The third-order valence-electron chi connectivity index (χ3n) is 2.54. The van der Waals surface area contributed by atoms with E-state index in [9.17, 15) is 0 Å². The van der Waals surface area contributed by atoms with E-state index in [0.717, 1.165) is 0 Å². The molecule has 0 amide bonds. The molecular weight excluding hydrogens is 265 g/mol. The van der Waals surface area contributed by atoms with Crippen LogP contribution >= 0.6 is 0 Å². The minimum atomic E-state index is -0.849. The first-order chi connectivity index (χ1) is 10.0. The maximum absolute atomic E-state index is 5.93. The molecule has 5 heteroatoms. The fourth-order valence-corrected chi connectivity index (χ4v) is 1.60. The summed E-state index contributed by atoms with van der Waals surface area (Å²) in [5.41, 5.74) is 5.47. The molecule has 4 nitrogen and oxygen atoms in total. The molecule has 2 N–H and O–H groups in total. The summed E-state index contributed by atoms with van der Waals surface area (Å²) < 4.78 is 17.1. The van der Waals surface area contributed by atoms with Gasteiger partial charge < -0.3 is 19.7 Å². The Morgan fingerprint density at radius 2 is 1.29 bits per heavy atom. The van der Waals surface area contributed by atoms with Crippen molar-refractivity contribution in [3.05, 3.63) is 60.7 Å². The maximum atomic E-state index is 5.93. The van der Waals surface area contributed by atoms with E-state index >= 15 is 0 Å². The highest BCUT2D eigenvalue weighted by Gasteiger charge is 2.29. The summed E-state index contributed by atoms with van der Waals surface area (Å²) in [6.07, 6.45) is 0. The van der Waals surface area contributed by atoms with Crippen molar-refractivity contribution in [2.75, 3.05) is 6.61 Å². The van der Waals surface area contributed by atoms with E-state index in [1.54, 1.807) is 0 Å². The summed E-state index contributed by atoms with van der Waals surface area (Å²) in [4.78, 5) is 0. The topological polar surface area (TPSA) is 53.7 Å². The van der Waals surface area contributed by atoms with Crippen LogP contribution in [0.15, 0.2) is 60.7 Å². The van der Waals surface area contributed by atoms with Crippen molar-refractivity contribution in [1.29, 1.82) is 0 Å². The summed E-state index contributed by atoms with van der Waals surface area (Å²) in [5, 5.41) is 0. The summed E-state index contributed by atoms with van der Waals surface area (Å²) in [7, 11) is -0.849. The zero-order chi connectivity index (χ0) is 15.1. The number of nitrogens with two attached hydrogens (primary N) is 1. The van der Waals surface area contributed by atoms with Gasteiger partial charge in [-0.15, -0.1) is 0 Å². The van der Waals surface area contributed by atoms with Gasteiger partial charge in [-0.2, -0.15) is 0 Å². The summed E-state index contributed by atoms with van der Waals surface area (Å²) in [5.74, 6) is 1.35. The molecule has 2 aromatic carbocycles. The summed E-state index contributed by atoms with van der Waals surface area (Å²) in [6, 6.07) is 18.8. The van der Waals surface area contributed by atoms with Gasteiger partial charge in [0.25, 0.3) is 0 Å². The van der Waals surface area contributed by atoms with Gasteiger partial charge in [-0.3, -0.25) is 0 Å². The number of benzene rings is 2. The first-order valence-electron chi connectivity index (χ1n) is 6.87. The molecule has 0 aliphatic carbocycles. The van der Waals surface area contributed by atoms with Crippen LogP contribution in [0, 0.1) is 0 Å². The maximum Gasteiger partial charge on any atom is 0.788 e. The lowest BCUT2D eigenvalue weighted by Crippen LogP contribution is -2.43. The van der Waals surface area contributed by atoms with Crippen LogP contribution in [0.3, 0.4) is 0 Å². The molecule has 0 fully saturated rings. The van der Waals surface area contributed by atoms with Crippen molar-refractivity contribution in [1.82, 2.24) is 0 Å². The molecule has 0 radical (unpaired) electrons. The van der Waals surface area contributed by atoms with Gasteiger partial charge in [0.15, 0.2) is 0 Å². The molecule has 0 aliphatic rings. The minimum absolute atomic E-state index is 0.317. The zero-order valence-electron chi connectivity index (χ0n) is 12.4. The van der Waals surface area contributed by atoms with Crippen molar-refractivity contribution in [2.24, 2.45) is 5.73 Å². The van der Waals surface area contributed by atoms with Crippen molar-refractivity contribution in [2.45, 2.75) is 19.4 Å². The van der Waals surface area contributed by atoms with Gasteiger partial charge in [0.2, 0.25) is 0 Å². The summed E-state index contributed by atoms with van der Waals surface area (Å²) >= 11 is 0. The molecule has 0 spiro atoms. The molecule has 2 rings (SSSR count). The van der Waals surface area contributed by atoms with Crippen LogP contribution in [-0.2, 0) is 4.65 Å². The molecule has 2 aromatic rings. The lowest BCUT2D eigenvalue weighted by Gasteiger charge is -2.22. The molecule has 0 bridgehead atoms. The predicted octanol–water partition coefficient (Wildman–Crippen LogP) is 2.88. The van der Waals surface area contributed by atoms with Crippen LogP contribution < -0.4 is 15.0 Å². The number of hydrogen-bond donors (Lipinski definition) is 1. The van der Waals surface area contributed by atoms with E-state index in [-0.39, 0.29) is 0 Å². The first kappa shape index (κ1) is 15.4. The molecule has 0 unspecified atom stereocenters. The van der Waals surface area contributed by atoms with Gasteiger partial charge in [-0.25, -0.2) is 0 Å². The van der Waals surface area contributed by atoms with Crippen LogP contribution in [0.1, 0.15) is 13.8 Å². The molecule has 0 saturated heterocycles. The molecule has 0 heterocycles. The van der Waals surface area contributed by atoms with Crippen molar-refractivity contribution < 1.29 is 14.0 Å². The largest absolute Gasteiger partial charge is 0.788 e. The standard InChI is InChI=1S/C16H20BNO3/c1-16(2,18)13-19-17(20-14-9-5-3-6-10-14)21-15-11-7-4-8-12-15/h3-12H,13,18H2,1-2H3. The first-order valence-corrected chi connectivity index (χ1v) is 6.87. The van der Waals surface area contributed by atoms with Gasteiger partial charge in [-0.1, -0.05) is 36.4 Å². The lowest BCUT2D eigenvalue weighted by molar-refractivity contribution is 0.164. The highest BCUT2D eigenvalue weighted by atomic mass is 16.7. The monoisotopic (exact) mass is 285 g/mol. The second-order valence-corrected chi connectivity index (χ2v) is 5.45. The molecule has 110 valence electrons. The minimum Gasteiger partial charge on any atom is -0.501 e. The van der Waals surface area contributed by atoms with Crippen molar-refractivity contribution >= 4 is 7.32 Å². The highest BCUT2D eigenvalue weighted by Crippen LogP contribution is 2.15. The molecule has 0 saturated carbocycles. The average Bonchev–Trinajstić information content (AvgIpc) is 2.46. The van der Waals surface area contributed by atoms with E-state index in [2.05, 4.69) is 0 Å². The van der Waals surface area contributed by atoms with Gasteiger partial charge in [0.05, 0.1) is 6.61 Å². The van der Waals surface area contributed by atoms with Gasteiger partial charge >= 0.3 is 7.32 Å². The number of para-hydroxylation sites is 2. The molecule has 0 aliphatic heterocycles. The van der Waals surface area contributed by atoms with E-state index in [0.29, 0.717) is 18.1 Å². The zero-order valence-corrected chi connectivity index (χ0v) is 12.4. The van der Waals surface area contributed by atoms with Gasteiger partial charge in [0, 0.05) is 5.54 Å². The fourth-order valence-electron chi connectivity index (χ4n) is 1.60. The Morgan fingerprint density at radius 1 is 0.857 bits per heavy atom. The Kier molecular flexibility index (Phi) is 5.25. The predicted molar refractivity (Wildman–Crippen MR) is 84.1 cm³/mol.